The van der Waals surface area contributed by atoms with E-state index in [2.05, 4.69) is 20.4 Å². The Balaban J connectivity index is 1.63. The second-order valence-corrected chi connectivity index (χ2v) is 6.88. The van der Waals surface area contributed by atoms with Crippen molar-refractivity contribution in [1.29, 1.82) is 0 Å². The van der Waals surface area contributed by atoms with E-state index in [-0.39, 0.29) is 28.7 Å². The smallest absolute Gasteiger partial charge is 0.275 e. The summed E-state index contributed by atoms with van der Waals surface area (Å²) in [4.78, 5) is 35.3. The van der Waals surface area contributed by atoms with E-state index >= 15 is 0 Å². The van der Waals surface area contributed by atoms with Crippen LogP contribution < -0.4 is 5.32 Å². The number of imidazole rings is 1. The van der Waals surface area contributed by atoms with E-state index in [1.54, 1.807) is 62.2 Å². The van der Waals surface area contributed by atoms with E-state index in [0.29, 0.717) is 11.5 Å². The molecule has 0 aliphatic carbocycles. The maximum atomic E-state index is 12.8. The van der Waals surface area contributed by atoms with Gasteiger partial charge in [0.25, 0.3) is 11.8 Å². The van der Waals surface area contributed by atoms with Gasteiger partial charge >= 0.3 is 0 Å². The van der Waals surface area contributed by atoms with E-state index in [0.717, 1.165) is 5.56 Å². The molecule has 0 unspecified atom stereocenters. The SMILES string of the molecule is CN(C)C(=O)c1cnn(C)c1C(=O)Nc1ccn2cc(-c3cccc(O)c3)nc2n1. The molecular formula is C20H19N7O3. The Labute approximate surface area is 171 Å². The van der Waals surface area contributed by atoms with Crippen LogP contribution in [0.2, 0.25) is 0 Å². The molecule has 0 spiro atoms. The van der Waals surface area contributed by atoms with Gasteiger partial charge in [-0.15, -0.1) is 0 Å². The molecule has 10 heteroatoms. The summed E-state index contributed by atoms with van der Waals surface area (Å²) >= 11 is 0. The van der Waals surface area contributed by atoms with Crippen LogP contribution in [0.25, 0.3) is 17.0 Å². The molecule has 2 N–H and O–H groups in total. The highest BCUT2D eigenvalue weighted by Crippen LogP contribution is 2.23. The van der Waals surface area contributed by atoms with Gasteiger partial charge in [-0.1, -0.05) is 12.1 Å². The fourth-order valence-electron chi connectivity index (χ4n) is 3.03. The average Bonchev–Trinajstić information content (AvgIpc) is 3.30. The van der Waals surface area contributed by atoms with Crippen molar-refractivity contribution in [2.24, 2.45) is 7.05 Å². The number of aromatic nitrogens is 5. The van der Waals surface area contributed by atoms with Crippen molar-refractivity contribution in [2.45, 2.75) is 0 Å². The second-order valence-electron chi connectivity index (χ2n) is 6.88. The third kappa shape index (κ3) is 3.46. The topological polar surface area (TPSA) is 118 Å². The predicted octanol–water partition coefficient (Wildman–Crippen LogP) is 1.79. The molecule has 4 rings (SSSR count). The summed E-state index contributed by atoms with van der Waals surface area (Å²) < 4.78 is 3.06. The second kappa shape index (κ2) is 7.32. The van der Waals surface area contributed by atoms with Gasteiger partial charge in [0.1, 0.15) is 17.3 Å². The van der Waals surface area contributed by atoms with Gasteiger partial charge in [0.05, 0.1) is 17.5 Å². The highest BCUT2D eigenvalue weighted by molar-refractivity contribution is 6.10. The number of aryl methyl sites for hydroxylation is 1. The Morgan fingerprint density at radius 1 is 1.17 bits per heavy atom. The molecule has 0 radical (unpaired) electrons. The first-order valence-electron chi connectivity index (χ1n) is 9.03. The Kier molecular flexibility index (Phi) is 4.66. The standard InChI is InChI=1S/C20H19N7O3/c1-25(2)19(30)14-10-21-26(3)17(14)18(29)23-16-7-8-27-11-15(22-20(27)24-16)12-5-4-6-13(28)9-12/h4-11,28H,1-3H3,(H,22,23,24,29). The van der Waals surface area contributed by atoms with E-state index in [9.17, 15) is 14.7 Å². The first-order chi connectivity index (χ1) is 14.3. The minimum Gasteiger partial charge on any atom is -0.508 e. The van der Waals surface area contributed by atoms with Crippen LogP contribution in [-0.2, 0) is 7.05 Å². The summed E-state index contributed by atoms with van der Waals surface area (Å²) in [6.07, 6.45) is 4.86. The molecule has 3 heterocycles. The molecule has 0 fully saturated rings. The van der Waals surface area contributed by atoms with Crippen molar-refractivity contribution in [3.8, 4) is 17.0 Å². The van der Waals surface area contributed by atoms with Gasteiger partial charge in [-0.2, -0.15) is 10.1 Å². The highest BCUT2D eigenvalue weighted by atomic mass is 16.3. The van der Waals surface area contributed by atoms with Crippen LogP contribution in [-0.4, -0.2) is 60.1 Å². The summed E-state index contributed by atoms with van der Waals surface area (Å²) in [6, 6.07) is 8.38. The first kappa shape index (κ1) is 19.1. The van der Waals surface area contributed by atoms with Gasteiger partial charge in [0, 0.05) is 39.1 Å². The van der Waals surface area contributed by atoms with E-state index in [4.69, 9.17) is 0 Å². The van der Waals surface area contributed by atoms with Crippen LogP contribution in [0.3, 0.4) is 0 Å². The fraction of sp³-hybridized carbons (Fsp3) is 0.150. The summed E-state index contributed by atoms with van der Waals surface area (Å²) in [5, 5.41) is 16.4. The van der Waals surface area contributed by atoms with Crippen molar-refractivity contribution >= 4 is 23.4 Å². The first-order valence-corrected chi connectivity index (χ1v) is 9.03. The maximum absolute atomic E-state index is 12.8. The summed E-state index contributed by atoms with van der Waals surface area (Å²) in [7, 11) is 4.80. The molecule has 30 heavy (non-hydrogen) atoms. The van der Waals surface area contributed by atoms with Gasteiger partial charge in [-0.05, 0) is 18.2 Å². The number of amides is 2. The lowest BCUT2D eigenvalue weighted by molar-refractivity contribution is 0.0821. The molecule has 0 saturated heterocycles. The van der Waals surface area contributed by atoms with Crippen molar-refractivity contribution in [3.05, 3.63) is 60.2 Å². The Bertz CT molecular complexity index is 1270. The number of phenols is 1. The monoisotopic (exact) mass is 405 g/mol. The number of phenolic OH excluding ortho intramolecular Hbond substituents is 1. The van der Waals surface area contributed by atoms with Crippen molar-refractivity contribution in [2.75, 3.05) is 19.4 Å². The lowest BCUT2D eigenvalue weighted by atomic mass is 10.2. The molecule has 4 aromatic rings. The van der Waals surface area contributed by atoms with E-state index in [1.165, 1.54) is 15.8 Å². The van der Waals surface area contributed by atoms with Crippen LogP contribution in [0.5, 0.6) is 5.75 Å². The summed E-state index contributed by atoms with van der Waals surface area (Å²) in [5.41, 5.74) is 1.72. The number of fused-ring (bicyclic) bond motifs is 1. The minimum atomic E-state index is -0.503. The number of hydrogen-bond donors (Lipinski definition) is 2. The lowest BCUT2D eigenvalue weighted by Gasteiger charge is -2.11. The summed E-state index contributed by atoms with van der Waals surface area (Å²) in [6.45, 7) is 0. The molecule has 0 aliphatic rings. The molecule has 0 atom stereocenters. The molecule has 2 amide bonds. The van der Waals surface area contributed by atoms with Gasteiger partial charge in [-0.25, -0.2) is 4.98 Å². The van der Waals surface area contributed by atoms with Gasteiger partial charge in [0.2, 0.25) is 5.78 Å². The van der Waals surface area contributed by atoms with Crippen LogP contribution in [0.15, 0.2) is 48.9 Å². The number of nitrogens with zero attached hydrogens (tertiary/aromatic N) is 6. The summed E-state index contributed by atoms with van der Waals surface area (Å²) in [5.74, 6) is -0.0204. The maximum Gasteiger partial charge on any atom is 0.275 e. The van der Waals surface area contributed by atoms with Gasteiger partial charge in [0.15, 0.2) is 0 Å². The number of aromatic hydroxyl groups is 1. The Morgan fingerprint density at radius 3 is 2.70 bits per heavy atom. The molecule has 0 aliphatic heterocycles. The Hall–Kier alpha value is -4.21. The molecule has 0 bridgehead atoms. The van der Waals surface area contributed by atoms with Crippen LogP contribution in [0.4, 0.5) is 5.82 Å². The number of carbonyl (C=O) groups is 2. The zero-order valence-corrected chi connectivity index (χ0v) is 16.6. The molecule has 0 saturated carbocycles. The fourth-order valence-corrected chi connectivity index (χ4v) is 3.03. The number of hydrogen-bond acceptors (Lipinski definition) is 6. The average molecular weight is 405 g/mol. The highest BCUT2D eigenvalue weighted by Gasteiger charge is 2.23. The molecule has 10 nitrogen and oxygen atoms in total. The lowest BCUT2D eigenvalue weighted by Crippen LogP contribution is -2.26. The van der Waals surface area contributed by atoms with E-state index in [1.807, 2.05) is 6.07 Å². The number of rotatable bonds is 4. The van der Waals surface area contributed by atoms with Crippen molar-refractivity contribution in [1.82, 2.24) is 29.0 Å². The number of anilines is 1. The molecular weight excluding hydrogens is 386 g/mol. The zero-order chi connectivity index (χ0) is 21.4. The molecule has 3 aromatic heterocycles. The zero-order valence-electron chi connectivity index (χ0n) is 16.6. The minimum absolute atomic E-state index is 0.138. The van der Waals surface area contributed by atoms with Gasteiger partial charge < -0.3 is 15.3 Å². The number of benzene rings is 1. The normalized spacial score (nSPS) is 10.9. The molecule has 152 valence electrons. The Morgan fingerprint density at radius 2 is 1.97 bits per heavy atom. The van der Waals surface area contributed by atoms with Crippen LogP contribution >= 0.6 is 0 Å². The van der Waals surface area contributed by atoms with E-state index < -0.39 is 5.91 Å². The molecule has 1 aromatic carbocycles. The predicted molar refractivity (Wildman–Crippen MR) is 109 cm³/mol. The van der Waals surface area contributed by atoms with Crippen molar-refractivity contribution < 1.29 is 14.7 Å². The quantitative estimate of drug-likeness (QED) is 0.535. The van der Waals surface area contributed by atoms with Gasteiger partial charge in [-0.3, -0.25) is 18.7 Å². The third-order valence-corrected chi connectivity index (χ3v) is 4.50. The van der Waals surface area contributed by atoms with Crippen LogP contribution in [0.1, 0.15) is 20.8 Å². The number of carbonyl (C=O) groups excluding carboxylic acids is 2. The largest absolute Gasteiger partial charge is 0.508 e. The van der Waals surface area contributed by atoms with Crippen molar-refractivity contribution in [3.63, 3.8) is 0 Å². The number of nitrogens with one attached hydrogen (secondary N) is 1. The third-order valence-electron chi connectivity index (χ3n) is 4.50. The van der Waals surface area contributed by atoms with Crippen LogP contribution in [0, 0.1) is 0 Å².